The predicted molar refractivity (Wildman–Crippen MR) is 80.5 cm³/mol. The first-order valence-corrected chi connectivity index (χ1v) is 7.19. The van der Waals surface area contributed by atoms with Crippen LogP contribution in [0, 0.1) is 12.7 Å². The third-order valence-electron chi connectivity index (χ3n) is 2.98. The Morgan fingerprint density at radius 3 is 2.62 bits per heavy atom. The highest BCUT2D eigenvalue weighted by Crippen LogP contribution is 2.29. The molecule has 0 bridgehead atoms. The van der Waals surface area contributed by atoms with Crippen molar-refractivity contribution in [1.82, 2.24) is 15.0 Å². The van der Waals surface area contributed by atoms with E-state index in [0.717, 1.165) is 21.0 Å². The lowest BCUT2D eigenvalue weighted by atomic mass is 10.1. The highest BCUT2D eigenvalue weighted by Gasteiger charge is 2.05. The molecule has 21 heavy (non-hydrogen) atoms. The van der Waals surface area contributed by atoms with Crippen LogP contribution in [0.2, 0.25) is 0 Å². The van der Waals surface area contributed by atoms with Gasteiger partial charge in [-0.25, -0.2) is 9.37 Å². The van der Waals surface area contributed by atoms with Crippen LogP contribution in [0.5, 0.6) is 0 Å². The Morgan fingerprint density at radius 2 is 1.86 bits per heavy atom. The summed E-state index contributed by atoms with van der Waals surface area (Å²) in [7, 11) is 0. The molecule has 3 rings (SSSR count). The van der Waals surface area contributed by atoms with Gasteiger partial charge in [0.05, 0.1) is 6.20 Å². The quantitative estimate of drug-likeness (QED) is 0.728. The molecule has 0 aliphatic heterocycles. The van der Waals surface area contributed by atoms with E-state index in [0.29, 0.717) is 5.56 Å². The van der Waals surface area contributed by atoms with E-state index < -0.39 is 0 Å². The summed E-state index contributed by atoms with van der Waals surface area (Å²) in [6.45, 7) is 1.75. The summed E-state index contributed by atoms with van der Waals surface area (Å²) in [6.07, 6.45) is 8.46. The Balaban J connectivity index is 1.91. The van der Waals surface area contributed by atoms with Gasteiger partial charge in [0.2, 0.25) is 0 Å². The molecule has 0 saturated heterocycles. The molecule has 3 aromatic rings. The van der Waals surface area contributed by atoms with Gasteiger partial charge in [-0.3, -0.25) is 9.97 Å². The molecule has 0 fully saturated rings. The Bertz CT molecular complexity index is 762. The first-order valence-electron chi connectivity index (χ1n) is 6.38. The summed E-state index contributed by atoms with van der Waals surface area (Å²) in [5.41, 5.74) is 2.33. The van der Waals surface area contributed by atoms with E-state index in [2.05, 4.69) is 15.0 Å². The van der Waals surface area contributed by atoms with E-state index in [4.69, 9.17) is 0 Å². The van der Waals surface area contributed by atoms with E-state index in [1.165, 1.54) is 17.8 Å². The van der Waals surface area contributed by atoms with Gasteiger partial charge in [0.25, 0.3) is 0 Å². The van der Waals surface area contributed by atoms with Crippen LogP contribution in [0.25, 0.3) is 11.1 Å². The second kappa shape index (κ2) is 6.01. The van der Waals surface area contributed by atoms with Crippen LogP contribution in [-0.2, 0) is 0 Å². The van der Waals surface area contributed by atoms with Crippen LogP contribution < -0.4 is 0 Å². The van der Waals surface area contributed by atoms with Crippen molar-refractivity contribution in [2.45, 2.75) is 16.8 Å². The minimum absolute atomic E-state index is 0.209. The van der Waals surface area contributed by atoms with E-state index in [-0.39, 0.29) is 5.82 Å². The summed E-state index contributed by atoms with van der Waals surface area (Å²) in [6, 6.07) is 7.17. The highest BCUT2D eigenvalue weighted by molar-refractivity contribution is 7.99. The SMILES string of the molecule is Cc1ccc(-c2cncc(Sc3cnccn3)c2)cc1F. The zero-order chi connectivity index (χ0) is 14.7. The molecular weight excluding hydrogens is 285 g/mol. The van der Waals surface area contributed by atoms with Gasteiger partial charge < -0.3 is 0 Å². The van der Waals surface area contributed by atoms with Crippen molar-refractivity contribution in [2.24, 2.45) is 0 Å². The molecule has 0 amide bonds. The van der Waals surface area contributed by atoms with Gasteiger partial charge in [-0.1, -0.05) is 23.9 Å². The number of hydrogen-bond donors (Lipinski definition) is 0. The Hall–Kier alpha value is -2.27. The van der Waals surface area contributed by atoms with Gasteiger partial charge in [0.15, 0.2) is 0 Å². The number of rotatable bonds is 3. The zero-order valence-electron chi connectivity index (χ0n) is 11.3. The van der Waals surface area contributed by atoms with Crippen LogP contribution >= 0.6 is 11.8 Å². The lowest BCUT2D eigenvalue weighted by molar-refractivity contribution is 0.619. The second-order valence-corrected chi connectivity index (χ2v) is 5.61. The normalized spacial score (nSPS) is 10.6. The molecule has 0 N–H and O–H groups in total. The van der Waals surface area contributed by atoms with Gasteiger partial charge in [0.1, 0.15) is 10.8 Å². The highest BCUT2D eigenvalue weighted by atomic mass is 32.2. The van der Waals surface area contributed by atoms with E-state index in [1.54, 1.807) is 44.0 Å². The van der Waals surface area contributed by atoms with Gasteiger partial charge in [-0.05, 0) is 30.2 Å². The lowest BCUT2D eigenvalue weighted by Gasteiger charge is -2.05. The lowest BCUT2D eigenvalue weighted by Crippen LogP contribution is -1.87. The first kappa shape index (κ1) is 13.7. The van der Waals surface area contributed by atoms with Crippen molar-refractivity contribution in [3.8, 4) is 11.1 Å². The summed E-state index contributed by atoms with van der Waals surface area (Å²) in [5, 5.41) is 0.798. The predicted octanol–water partition coefficient (Wildman–Crippen LogP) is 4.14. The number of nitrogens with zero attached hydrogens (tertiary/aromatic N) is 3. The molecule has 0 aliphatic carbocycles. The largest absolute Gasteiger partial charge is 0.263 e. The van der Waals surface area contributed by atoms with Crippen molar-refractivity contribution in [3.05, 3.63) is 66.6 Å². The number of benzene rings is 1. The molecule has 0 atom stereocenters. The maximum atomic E-state index is 13.7. The molecule has 0 saturated carbocycles. The molecule has 2 heterocycles. The van der Waals surface area contributed by atoms with Crippen LogP contribution in [0.15, 0.2) is 65.2 Å². The average molecular weight is 297 g/mol. The van der Waals surface area contributed by atoms with E-state index in [9.17, 15) is 4.39 Å². The van der Waals surface area contributed by atoms with Gasteiger partial charge in [-0.15, -0.1) is 0 Å². The van der Waals surface area contributed by atoms with Crippen molar-refractivity contribution >= 4 is 11.8 Å². The monoisotopic (exact) mass is 297 g/mol. The third kappa shape index (κ3) is 3.25. The number of hydrogen-bond acceptors (Lipinski definition) is 4. The molecule has 3 nitrogen and oxygen atoms in total. The summed E-state index contributed by atoms with van der Waals surface area (Å²) < 4.78 is 13.7. The number of pyridine rings is 1. The smallest absolute Gasteiger partial charge is 0.126 e. The molecule has 1 aromatic carbocycles. The second-order valence-electron chi connectivity index (χ2n) is 4.52. The molecule has 0 aliphatic rings. The van der Waals surface area contributed by atoms with E-state index in [1.807, 2.05) is 12.1 Å². The van der Waals surface area contributed by atoms with Crippen LogP contribution in [0.4, 0.5) is 4.39 Å². The van der Waals surface area contributed by atoms with Crippen molar-refractivity contribution in [3.63, 3.8) is 0 Å². The topological polar surface area (TPSA) is 38.7 Å². The van der Waals surface area contributed by atoms with E-state index >= 15 is 0 Å². The number of aryl methyl sites for hydroxylation is 1. The minimum Gasteiger partial charge on any atom is -0.263 e. The zero-order valence-corrected chi connectivity index (χ0v) is 12.1. The fraction of sp³-hybridized carbons (Fsp3) is 0.0625. The molecule has 5 heteroatoms. The molecule has 104 valence electrons. The van der Waals surface area contributed by atoms with Gasteiger partial charge in [-0.2, -0.15) is 0 Å². The third-order valence-corrected chi connectivity index (χ3v) is 3.86. The molecule has 0 unspecified atom stereocenters. The van der Waals surface area contributed by atoms with Crippen LogP contribution in [0.3, 0.4) is 0 Å². The molecule has 2 aromatic heterocycles. The van der Waals surface area contributed by atoms with Crippen LogP contribution in [-0.4, -0.2) is 15.0 Å². The average Bonchev–Trinajstić information content (AvgIpc) is 2.51. The fourth-order valence-corrected chi connectivity index (χ4v) is 2.63. The Kier molecular flexibility index (Phi) is 3.92. The van der Waals surface area contributed by atoms with Crippen molar-refractivity contribution < 1.29 is 4.39 Å². The molecular formula is C16H12FN3S. The maximum Gasteiger partial charge on any atom is 0.126 e. The fourth-order valence-electron chi connectivity index (χ4n) is 1.86. The number of aromatic nitrogens is 3. The Labute approximate surface area is 126 Å². The standard InChI is InChI=1S/C16H12FN3S/c1-11-2-3-12(7-15(11)17)13-6-14(9-19-8-13)21-16-10-18-4-5-20-16/h2-10H,1H3. The summed E-state index contributed by atoms with van der Waals surface area (Å²) >= 11 is 1.47. The van der Waals surface area contributed by atoms with Gasteiger partial charge >= 0.3 is 0 Å². The first-order chi connectivity index (χ1) is 10.2. The number of halogens is 1. The van der Waals surface area contributed by atoms with Crippen molar-refractivity contribution in [1.29, 1.82) is 0 Å². The Morgan fingerprint density at radius 1 is 0.952 bits per heavy atom. The van der Waals surface area contributed by atoms with Gasteiger partial charge in [0, 0.05) is 35.2 Å². The summed E-state index contributed by atoms with van der Waals surface area (Å²) in [5.74, 6) is -0.209. The molecule has 0 spiro atoms. The van der Waals surface area contributed by atoms with Crippen molar-refractivity contribution in [2.75, 3.05) is 0 Å². The summed E-state index contributed by atoms with van der Waals surface area (Å²) in [4.78, 5) is 13.4. The van der Waals surface area contributed by atoms with Crippen LogP contribution in [0.1, 0.15) is 5.56 Å². The molecule has 0 radical (unpaired) electrons. The maximum absolute atomic E-state index is 13.7. The minimum atomic E-state index is -0.209.